The molecule has 146 valence electrons. The van der Waals surface area contributed by atoms with Gasteiger partial charge >= 0.3 is 0 Å². The van der Waals surface area contributed by atoms with Crippen LogP contribution in [0.1, 0.15) is 26.9 Å². The van der Waals surface area contributed by atoms with Crippen LogP contribution in [0.3, 0.4) is 0 Å². The fraction of sp³-hybridized carbons (Fsp3) is 0.300. The van der Waals surface area contributed by atoms with Gasteiger partial charge in [0.05, 0.1) is 19.8 Å². The van der Waals surface area contributed by atoms with Crippen LogP contribution in [0, 0.1) is 5.82 Å². The van der Waals surface area contributed by atoms with E-state index in [-0.39, 0.29) is 29.6 Å². The molecule has 2 aliphatic rings. The molecule has 2 heterocycles. The summed E-state index contributed by atoms with van der Waals surface area (Å²) in [5.41, 5.74) is 2.08. The van der Waals surface area contributed by atoms with E-state index in [0.29, 0.717) is 22.8 Å². The third-order valence-electron chi connectivity index (χ3n) is 4.98. The Hall–Kier alpha value is -2.74. The van der Waals surface area contributed by atoms with Crippen LogP contribution < -0.4 is 14.8 Å². The minimum absolute atomic E-state index is 0.219. The molecule has 0 unspecified atom stereocenters. The minimum atomic E-state index is -0.578. The van der Waals surface area contributed by atoms with Gasteiger partial charge in [-0.3, -0.25) is 9.59 Å². The van der Waals surface area contributed by atoms with Crippen LogP contribution in [0.5, 0.6) is 11.5 Å². The first kappa shape index (κ1) is 18.6. The second-order valence-corrected chi connectivity index (χ2v) is 7.64. The average Bonchev–Trinajstić information content (AvgIpc) is 3.26. The number of nitrogens with zero attached hydrogens (tertiary/aromatic N) is 1. The lowest BCUT2D eigenvalue weighted by atomic mass is 10.1. The van der Waals surface area contributed by atoms with Crippen molar-refractivity contribution in [3.05, 3.63) is 58.9 Å². The Bertz CT molecular complexity index is 935. The SMILES string of the molecule is COc1ccc2c(c1OC)C(=O)N1[C@@H]2SC[C@H]1C(=O)NCc1ccc(F)cc1. The molecule has 0 aliphatic carbocycles. The number of halogens is 1. The molecule has 0 spiro atoms. The molecule has 2 aromatic rings. The number of carbonyl (C=O) groups is 2. The van der Waals surface area contributed by atoms with Gasteiger partial charge in [0.25, 0.3) is 5.91 Å². The Morgan fingerprint density at radius 2 is 1.96 bits per heavy atom. The smallest absolute Gasteiger partial charge is 0.260 e. The molecule has 0 bridgehead atoms. The van der Waals surface area contributed by atoms with Gasteiger partial charge in [0.2, 0.25) is 5.91 Å². The van der Waals surface area contributed by atoms with Gasteiger partial charge in [-0.2, -0.15) is 0 Å². The molecular weight excluding hydrogens is 383 g/mol. The lowest BCUT2D eigenvalue weighted by Crippen LogP contribution is -2.45. The van der Waals surface area contributed by atoms with Crippen molar-refractivity contribution in [2.45, 2.75) is 18.0 Å². The first-order valence-corrected chi connectivity index (χ1v) is 9.81. The van der Waals surface area contributed by atoms with E-state index in [1.165, 1.54) is 26.4 Å². The molecule has 1 fully saturated rings. The predicted molar refractivity (Wildman–Crippen MR) is 103 cm³/mol. The molecule has 1 saturated heterocycles. The molecule has 8 heteroatoms. The lowest BCUT2D eigenvalue weighted by Gasteiger charge is -2.22. The van der Waals surface area contributed by atoms with Gasteiger partial charge in [0, 0.05) is 17.9 Å². The van der Waals surface area contributed by atoms with Crippen LogP contribution in [-0.2, 0) is 11.3 Å². The molecule has 0 aromatic heterocycles. The van der Waals surface area contributed by atoms with Gasteiger partial charge in [-0.25, -0.2) is 4.39 Å². The number of thioether (sulfide) groups is 1. The highest BCUT2D eigenvalue weighted by Gasteiger charge is 2.50. The Balaban J connectivity index is 1.54. The largest absolute Gasteiger partial charge is 0.493 e. The zero-order valence-electron chi connectivity index (χ0n) is 15.4. The molecule has 28 heavy (non-hydrogen) atoms. The van der Waals surface area contributed by atoms with Crippen molar-refractivity contribution in [1.82, 2.24) is 10.2 Å². The van der Waals surface area contributed by atoms with Crippen LogP contribution in [-0.4, -0.2) is 42.7 Å². The fourth-order valence-corrected chi connectivity index (χ4v) is 5.06. The van der Waals surface area contributed by atoms with Crippen molar-refractivity contribution < 1.29 is 23.5 Å². The standard InChI is InChI=1S/C20H19FN2O4S/c1-26-15-8-7-13-16(17(15)27-2)19(25)23-14(10-28-20(13)23)18(24)22-9-11-3-5-12(21)6-4-11/h3-8,14,20H,9-10H2,1-2H3,(H,22,24)/t14-,20+/m0/s1. The van der Waals surface area contributed by atoms with Gasteiger partial charge in [-0.05, 0) is 23.8 Å². The molecule has 2 aliphatic heterocycles. The second kappa shape index (κ2) is 7.35. The quantitative estimate of drug-likeness (QED) is 0.833. The number of methoxy groups -OCH3 is 2. The third-order valence-corrected chi connectivity index (χ3v) is 6.28. The zero-order chi connectivity index (χ0) is 19.8. The molecule has 1 N–H and O–H groups in total. The first-order chi connectivity index (χ1) is 13.5. The number of nitrogens with one attached hydrogen (secondary N) is 1. The van der Waals surface area contributed by atoms with Crippen LogP contribution in [0.15, 0.2) is 36.4 Å². The van der Waals surface area contributed by atoms with E-state index in [9.17, 15) is 14.0 Å². The number of hydrogen-bond donors (Lipinski definition) is 1. The number of fused-ring (bicyclic) bond motifs is 3. The van der Waals surface area contributed by atoms with Gasteiger partial charge in [0.15, 0.2) is 11.5 Å². The lowest BCUT2D eigenvalue weighted by molar-refractivity contribution is -0.124. The van der Waals surface area contributed by atoms with Gasteiger partial charge in [-0.15, -0.1) is 11.8 Å². The van der Waals surface area contributed by atoms with Crippen LogP contribution in [0.2, 0.25) is 0 Å². The Labute approximate surface area is 166 Å². The normalized spacial score (nSPS) is 20.0. The summed E-state index contributed by atoms with van der Waals surface area (Å²) in [5, 5.41) is 2.63. The van der Waals surface area contributed by atoms with Crippen LogP contribution in [0.4, 0.5) is 4.39 Å². The topological polar surface area (TPSA) is 67.9 Å². The highest BCUT2D eigenvalue weighted by Crippen LogP contribution is 2.52. The van der Waals surface area contributed by atoms with Gasteiger partial charge in [0.1, 0.15) is 17.2 Å². The number of carbonyl (C=O) groups excluding carboxylic acids is 2. The Morgan fingerprint density at radius 1 is 1.21 bits per heavy atom. The van der Waals surface area contributed by atoms with Crippen molar-refractivity contribution in [2.24, 2.45) is 0 Å². The first-order valence-electron chi connectivity index (χ1n) is 8.76. The van der Waals surface area contributed by atoms with Gasteiger partial charge in [-0.1, -0.05) is 18.2 Å². The summed E-state index contributed by atoms with van der Waals surface area (Å²) in [6, 6.07) is 8.99. The van der Waals surface area contributed by atoms with E-state index in [2.05, 4.69) is 5.32 Å². The average molecular weight is 402 g/mol. The molecule has 6 nitrogen and oxygen atoms in total. The van der Waals surface area contributed by atoms with E-state index in [1.54, 1.807) is 34.9 Å². The highest BCUT2D eigenvalue weighted by molar-refractivity contribution is 7.99. The highest BCUT2D eigenvalue weighted by atomic mass is 32.2. The van der Waals surface area contributed by atoms with E-state index in [1.807, 2.05) is 6.07 Å². The van der Waals surface area contributed by atoms with Crippen LogP contribution in [0.25, 0.3) is 0 Å². The van der Waals surface area contributed by atoms with Crippen molar-refractivity contribution in [2.75, 3.05) is 20.0 Å². The predicted octanol–water partition coefficient (Wildman–Crippen LogP) is 2.73. The van der Waals surface area contributed by atoms with Crippen molar-refractivity contribution in [3.8, 4) is 11.5 Å². The summed E-state index contributed by atoms with van der Waals surface area (Å²) >= 11 is 1.55. The summed E-state index contributed by atoms with van der Waals surface area (Å²) < 4.78 is 23.7. The number of benzene rings is 2. The van der Waals surface area contributed by atoms with Crippen molar-refractivity contribution in [3.63, 3.8) is 0 Å². The molecule has 4 rings (SSSR count). The van der Waals surface area contributed by atoms with Crippen molar-refractivity contribution in [1.29, 1.82) is 0 Å². The molecular formula is C20H19FN2O4S. The monoisotopic (exact) mass is 402 g/mol. The number of ether oxygens (including phenoxy) is 2. The minimum Gasteiger partial charge on any atom is -0.493 e. The number of rotatable bonds is 5. The number of amides is 2. The molecule has 0 saturated carbocycles. The van der Waals surface area contributed by atoms with E-state index < -0.39 is 6.04 Å². The summed E-state index contributed by atoms with van der Waals surface area (Å²) in [6.45, 7) is 0.275. The maximum atomic E-state index is 13.1. The maximum absolute atomic E-state index is 13.1. The van der Waals surface area contributed by atoms with Gasteiger partial charge < -0.3 is 19.7 Å². The summed E-state index contributed by atoms with van der Waals surface area (Å²) in [5.74, 6) is 0.604. The fourth-order valence-electron chi connectivity index (χ4n) is 3.60. The molecule has 2 aromatic carbocycles. The van der Waals surface area contributed by atoms with Crippen LogP contribution >= 0.6 is 11.8 Å². The second-order valence-electron chi connectivity index (χ2n) is 6.52. The summed E-state index contributed by atoms with van der Waals surface area (Å²) in [6.07, 6.45) is 0. The third kappa shape index (κ3) is 2.97. The van der Waals surface area contributed by atoms with E-state index >= 15 is 0 Å². The summed E-state index contributed by atoms with van der Waals surface area (Å²) in [4.78, 5) is 27.5. The van der Waals surface area contributed by atoms with Crippen molar-refractivity contribution >= 4 is 23.6 Å². The summed E-state index contributed by atoms with van der Waals surface area (Å²) in [7, 11) is 3.01. The Kier molecular flexibility index (Phi) is 4.89. The maximum Gasteiger partial charge on any atom is 0.260 e. The molecule has 2 atom stereocenters. The van der Waals surface area contributed by atoms with E-state index in [4.69, 9.17) is 9.47 Å². The van der Waals surface area contributed by atoms with E-state index in [0.717, 1.165) is 11.1 Å². The molecule has 2 amide bonds. The Morgan fingerprint density at radius 3 is 2.64 bits per heavy atom. The number of hydrogen-bond acceptors (Lipinski definition) is 5. The zero-order valence-corrected chi connectivity index (χ0v) is 16.2. The molecule has 0 radical (unpaired) electrons.